The van der Waals surface area contributed by atoms with Crippen LogP contribution in [-0.4, -0.2) is 44.7 Å². The van der Waals surface area contributed by atoms with Crippen LogP contribution in [0.5, 0.6) is 5.75 Å². The van der Waals surface area contributed by atoms with E-state index in [2.05, 4.69) is 48.2 Å². The normalized spacial score (nSPS) is 14.6. The van der Waals surface area contributed by atoms with Crippen LogP contribution in [0.4, 0.5) is 0 Å². The van der Waals surface area contributed by atoms with E-state index in [1.165, 1.54) is 5.56 Å². The summed E-state index contributed by atoms with van der Waals surface area (Å²) in [6, 6.07) is 8.27. The van der Waals surface area contributed by atoms with Crippen molar-refractivity contribution < 1.29 is 4.74 Å². The van der Waals surface area contributed by atoms with Gasteiger partial charge in [-0.15, -0.1) is 24.0 Å². The smallest absolute Gasteiger partial charge is 0.193 e. The fourth-order valence-electron chi connectivity index (χ4n) is 2.17. The lowest BCUT2D eigenvalue weighted by molar-refractivity contribution is 0.413. The van der Waals surface area contributed by atoms with Gasteiger partial charge in [0.25, 0.3) is 0 Å². The molecule has 1 aliphatic rings. The molecule has 0 aliphatic carbocycles. The molecule has 2 rings (SSSR count). The van der Waals surface area contributed by atoms with Gasteiger partial charge in [0, 0.05) is 25.6 Å². The molecule has 0 fully saturated rings. The highest BCUT2D eigenvalue weighted by molar-refractivity contribution is 14.0. The summed E-state index contributed by atoms with van der Waals surface area (Å²) in [4.78, 5) is 6.61. The van der Waals surface area contributed by atoms with Crippen molar-refractivity contribution in [3.05, 3.63) is 29.8 Å². The second-order valence-corrected chi connectivity index (χ2v) is 5.59. The number of hydrogen-bond acceptors (Lipinski definition) is 4. The first-order chi connectivity index (χ1) is 9.03. The van der Waals surface area contributed by atoms with Crippen LogP contribution < -0.4 is 10.1 Å². The molecule has 1 N–H and O–H groups in total. The molecule has 5 heteroatoms. The van der Waals surface area contributed by atoms with Crippen molar-refractivity contribution in [3.63, 3.8) is 0 Å². The Balaban J connectivity index is 0.00000200. The molecule has 1 heterocycles. The predicted octanol–water partition coefficient (Wildman–Crippen LogP) is 2.48. The maximum atomic E-state index is 5.20. The van der Waals surface area contributed by atoms with Crippen LogP contribution >= 0.6 is 24.0 Å². The van der Waals surface area contributed by atoms with E-state index in [9.17, 15) is 0 Å². The van der Waals surface area contributed by atoms with Crippen molar-refractivity contribution in [2.45, 2.75) is 19.3 Å². The quantitative estimate of drug-likeness (QED) is 0.805. The largest absolute Gasteiger partial charge is 0.497 e. The van der Waals surface area contributed by atoms with Gasteiger partial charge in [-0.05, 0) is 17.7 Å². The van der Waals surface area contributed by atoms with Gasteiger partial charge < -0.3 is 15.0 Å². The molecular formula is C15H24IN3O. The monoisotopic (exact) mass is 389 g/mol. The number of aliphatic imine (C=N–C) groups is 1. The van der Waals surface area contributed by atoms with Crippen molar-refractivity contribution in [1.29, 1.82) is 0 Å². The number of halogens is 1. The molecule has 0 saturated carbocycles. The summed E-state index contributed by atoms with van der Waals surface area (Å²) in [7, 11) is 3.76. The molecule has 0 radical (unpaired) electrons. The van der Waals surface area contributed by atoms with Gasteiger partial charge in [0.15, 0.2) is 5.96 Å². The number of rotatable bonds is 4. The zero-order chi connectivity index (χ0) is 13.9. The highest BCUT2D eigenvalue weighted by Gasteiger charge is 2.22. The van der Waals surface area contributed by atoms with Gasteiger partial charge in [-0.3, -0.25) is 4.99 Å². The molecule has 0 unspecified atom stereocenters. The Hall–Kier alpha value is -0.980. The summed E-state index contributed by atoms with van der Waals surface area (Å²) in [5.41, 5.74) is 1.35. The second-order valence-electron chi connectivity index (χ2n) is 5.59. The number of hydrogen-bond donors (Lipinski definition) is 1. The van der Waals surface area contributed by atoms with Crippen LogP contribution in [0.2, 0.25) is 0 Å². The maximum Gasteiger partial charge on any atom is 0.193 e. The number of ether oxygens (including phenoxy) is 1. The Morgan fingerprint density at radius 1 is 1.30 bits per heavy atom. The molecule has 0 spiro atoms. The highest BCUT2D eigenvalue weighted by atomic mass is 127. The van der Waals surface area contributed by atoms with E-state index in [0.717, 1.165) is 31.3 Å². The Morgan fingerprint density at radius 3 is 2.45 bits per heavy atom. The SMILES string of the molecule is COc1ccc(C(C)(C)CNC2=NCCN2C)cc1.I. The van der Waals surface area contributed by atoms with Crippen LogP contribution in [0.15, 0.2) is 29.3 Å². The van der Waals surface area contributed by atoms with Gasteiger partial charge in [0.1, 0.15) is 5.75 Å². The number of guanidine groups is 1. The molecule has 4 nitrogen and oxygen atoms in total. The van der Waals surface area contributed by atoms with Gasteiger partial charge in [-0.25, -0.2) is 0 Å². The third-order valence-electron chi connectivity index (χ3n) is 3.62. The van der Waals surface area contributed by atoms with Gasteiger partial charge >= 0.3 is 0 Å². The fraction of sp³-hybridized carbons (Fsp3) is 0.533. The number of benzene rings is 1. The molecule has 1 aliphatic heterocycles. The molecule has 0 amide bonds. The van der Waals surface area contributed by atoms with Crippen molar-refractivity contribution in [3.8, 4) is 5.75 Å². The predicted molar refractivity (Wildman–Crippen MR) is 94.4 cm³/mol. The van der Waals surface area contributed by atoms with Gasteiger partial charge in [0.2, 0.25) is 0 Å². The Morgan fingerprint density at radius 2 is 1.95 bits per heavy atom. The molecule has 0 bridgehead atoms. The highest BCUT2D eigenvalue weighted by Crippen LogP contribution is 2.24. The minimum absolute atomic E-state index is 0. The van der Waals surface area contributed by atoms with Crippen LogP contribution in [0.1, 0.15) is 19.4 Å². The lowest BCUT2D eigenvalue weighted by Crippen LogP contribution is -2.42. The first-order valence-electron chi connectivity index (χ1n) is 6.67. The van der Waals surface area contributed by atoms with E-state index in [-0.39, 0.29) is 29.4 Å². The average molecular weight is 389 g/mol. The zero-order valence-corrected chi connectivity index (χ0v) is 15.0. The second kappa shape index (κ2) is 7.15. The van der Waals surface area contributed by atoms with E-state index in [1.54, 1.807) is 7.11 Å². The van der Waals surface area contributed by atoms with E-state index < -0.39 is 0 Å². The van der Waals surface area contributed by atoms with Crippen LogP contribution in [0.3, 0.4) is 0 Å². The molecular weight excluding hydrogens is 365 g/mol. The molecule has 0 saturated heterocycles. The Labute approximate surface area is 138 Å². The third kappa shape index (κ3) is 4.01. The standard InChI is InChI=1S/C15H23N3O.HI/c1-15(2,11-17-14-16-9-10-18(14)3)12-5-7-13(19-4)8-6-12;/h5-8H,9-11H2,1-4H3,(H,16,17);1H. The van der Waals surface area contributed by atoms with Gasteiger partial charge in [0.05, 0.1) is 13.7 Å². The summed E-state index contributed by atoms with van der Waals surface area (Å²) < 4.78 is 5.20. The number of methoxy groups -OCH3 is 1. The molecule has 0 atom stereocenters. The molecule has 0 aromatic heterocycles. The van der Waals surface area contributed by atoms with Crippen molar-refractivity contribution in [1.82, 2.24) is 10.2 Å². The fourth-order valence-corrected chi connectivity index (χ4v) is 2.17. The van der Waals surface area contributed by atoms with Crippen molar-refractivity contribution >= 4 is 29.9 Å². The van der Waals surface area contributed by atoms with Crippen molar-refractivity contribution in [2.24, 2.45) is 4.99 Å². The van der Waals surface area contributed by atoms with Crippen LogP contribution in [0, 0.1) is 0 Å². The van der Waals surface area contributed by atoms with E-state index in [1.807, 2.05) is 12.1 Å². The Bertz CT molecular complexity index is 457. The third-order valence-corrected chi connectivity index (χ3v) is 3.62. The molecule has 112 valence electrons. The summed E-state index contributed by atoms with van der Waals surface area (Å²) in [5, 5.41) is 3.44. The maximum absolute atomic E-state index is 5.20. The minimum Gasteiger partial charge on any atom is -0.497 e. The van der Waals surface area contributed by atoms with Gasteiger partial charge in [-0.1, -0.05) is 26.0 Å². The summed E-state index contributed by atoms with van der Waals surface area (Å²) >= 11 is 0. The summed E-state index contributed by atoms with van der Waals surface area (Å²) in [6.45, 7) is 7.23. The number of nitrogens with zero attached hydrogens (tertiary/aromatic N) is 2. The topological polar surface area (TPSA) is 36.9 Å². The van der Waals surface area contributed by atoms with Crippen LogP contribution in [0.25, 0.3) is 0 Å². The first kappa shape index (κ1) is 17.1. The van der Waals surface area contributed by atoms with Crippen molar-refractivity contribution in [2.75, 3.05) is 33.8 Å². The van der Waals surface area contributed by atoms with E-state index in [4.69, 9.17) is 4.74 Å². The number of likely N-dealkylation sites (N-methyl/N-ethyl adjacent to an activating group) is 1. The Kier molecular flexibility index (Phi) is 6.10. The van der Waals surface area contributed by atoms with Crippen LogP contribution in [-0.2, 0) is 5.41 Å². The molecule has 1 aromatic carbocycles. The number of nitrogens with one attached hydrogen (secondary N) is 1. The molecule has 1 aromatic rings. The summed E-state index contributed by atoms with van der Waals surface area (Å²) in [6.07, 6.45) is 0. The average Bonchev–Trinajstić information content (AvgIpc) is 2.82. The lowest BCUT2D eigenvalue weighted by Gasteiger charge is -2.27. The van der Waals surface area contributed by atoms with E-state index in [0.29, 0.717) is 0 Å². The zero-order valence-electron chi connectivity index (χ0n) is 12.6. The summed E-state index contributed by atoms with van der Waals surface area (Å²) in [5.74, 6) is 1.90. The van der Waals surface area contributed by atoms with Gasteiger partial charge in [-0.2, -0.15) is 0 Å². The minimum atomic E-state index is 0. The molecule has 20 heavy (non-hydrogen) atoms. The lowest BCUT2D eigenvalue weighted by atomic mass is 9.84. The first-order valence-corrected chi connectivity index (χ1v) is 6.67. The van der Waals surface area contributed by atoms with E-state index >= 15 is 0 Å².